The largest absolute Gasteiger partial charge is 0.490 e. The lowest BCUT2D eigenvalue weighted by Crippen LogP contribution is -2.36. The molecule has 4 nitrogen and oxygen atoms in total. The zero-order valence-electron chi connectivity index (χ0n) is 18.9. The number of carbonyl (C=O) groups is 1. The van der Waals surface area contributed by atoms with E-state index < -0.39 is 5.97 Å². The highest BCUT2D eigenvalue weighted by Crippen LogP contribution is 2.31. The number of rotatable bonds is 7. The molecule has 0 bridgehead atoms. The molecule has 1 saturated carbocycles. The van der Waals surface area contributed by atoms with E-state index in [1.54, 1.807) is 0 Å². The van der Waals surface area contributed by atoms with Crippen molar-refractivity contribution < 1.29 is 19.0 Å². The van der Waals surface area contributed by atoms with Gasteiger partial charge in [0.2, 0.25) is 0 Å². The van der Waals surface area contributed by atoms with Crippen LogP contribution in [0.25, 0.3) is 11.1 Å². The van der Waals surface area contributed by atoms with E-state index in [-0.39, 0.29) is 17.8 Å². The molecule has 1 N–H and O–H groups in total. The number of aliphatic carboxylic acids is 1. The van der Waals surface area contributed by atoms with Crippen LogP contribution in [0.4, 0.5) is 4.39 Å². The number of hydrogen-bond donors (Lipinski definition) is 1. The van der Waals surface area contributed by atoms with Crippen LogP contribution in [0.1, 0.15) is 57.4 Å². The molecule has 2 aromatic rings. The van der Waals surface area contributed by atoms with Crippen LogP contribution in [-0.2, 0) is 11.3 Å². The molecule has 5 heteroatoms. The number of ether oxygens (including phenoxy) is 1. The number of piperidine rings is 1. The maximum atomic E-state index is 15.3. The number of carboxylic acid groups (broad SMARTS) is 1. The molecular weight excluding hydrogens is 405 g/mol. The smallest absolute Gasteiger partial charge is 0.306 e. The van der Waals surface area contributed by atoms with Crippen LogP contribution in [0.15, 0.2) is 42.5 Å². The third-order valence-corrected chi connectivity index (χ3v) is 7.25. The van der Waals surface area contributed by atoms with Gasteiger partial charge < -0.3 is 9.84 Å². The van der Waals surface area contributed by atoms with E-state index in [1.165, 1.54) is 19.3 Å². The fourth-order valence-corrected chi connectivity index (χ4v) is 5.07. The normalized spacial score (nSPS) is 22.6. The predicted octanol–water partition coefficient (Wildman–Crippen LogP) is 6.14. The van der Waals surface area contributed by atoms with Gasteiger partial charge in [-0.25, -0.2) is 4.39 Å². The fraction of sp³-hybridized carbons (Fsp3) is 0.519. The molecule has 0 aromatic heterocycles. The van der Waals surface area contributed by atoms with Crippen molar-refractivity contribution >= 4 is 5.97 Å². The topological polar surface area (TPSA) is 49.8 Å². The molecule has 2 aliphatic rings. The number of carboxylic acids is 1. The van der Waals surface area contributed by atoms with Crippen LogP contribution < -0.4 is 4.74 Å². The first kappa shape index (κ1) is 22.8. The van der Waals surface area contributed by atoms with Crippen LogP contribution >= 0.6 is 0 Å². The lowest BCUT2D eigenvalue weighted by Gasteiger charge is -2.30. The molecule has 0 radical (unpaired) electrons. The van der Waals surface area contributed by atoms with Crippen LogP contribution in [0, 0.1) is 17.7 Å². The van der Waals surface area contributed by atoms with Crippen molar-refractivity contribution in [2.24, 2.45) is 11.8 Å². The molecule has 172 valence electrons. The third-order valence-electron chi connectivity index (χ3n) is 7.25. The Morgan fingerprint density at radius 3 is 2.34 bits per heavy atom. The summed E-state index contributed by atoms with van der Waals surface area (Å²) in [5, 5.41) is 9.17. The van der Waals surface area contributed by atoms with Crippen molar-refractivity contribution in [3.8, 4) is 16.9 Å². The molecule has 1 heterocycles. The monoisotopic (exact) mass is 439 g/mol. The van der Waals surface area contributed by atoms with Crippen molar-refractivity contribution in [3.63, 3.8) is 0 Å². The molecule has 4 rings (SSSR count). The van der Waals surface area contributed by atoms with E-state index in [4.69, 9.17) is 9.84 Å². The van der Waals surface area contributed by atoms with E-state index >= 15 is 4.39 Å². The third kappa shape index (κ3) is 5.50. The minimum absolute atomic E-state index is 0.195. The van der Waals surface area contributed by atoms with Gasteiger partial charge in [-0.05, 0) is 75.2 Å². The van der Waals surface area contributed by atoms with Gasteiger partial charge in [-0.3, -0.25) is 9.69 Å². The van der Waals surface area contributed by atoms with E-state index in [2.05, 4.69) is 11.8 Å². The van der Waals surface area contributed by atoms with Gasteiger partial charge in [0.05, 0.1) is 12.0 Å². The van der Waals surface area contributed by atoms with E-state index in [1.807, 2.05) is 42.5 Å². The highest BCUT2D eigenvalue weighted by Gasteiger charge is 2.25. The minimum atomic E-state index is -0.723. The van der Waals surface area contributed by atoms with Crippen molar-refractivity contribution in [2.75, 3.05) is 13.1 Å². The van der Waals surface area contributed by atoms with Gasteiger partial charge in [0.25, 0.3) is 0 Å². The van der Waals surface area contributed by atoms with Crippen LogP contribution in [0.2, 0.25) is 0 Å². The van der Waals surface area contributed by atoms with Gasteiger partial charge in [0.15, 0.2) is 0 Å². The Hall–Kier alpha value is -2.40. The quantitative estimate of drug-likeness (QED) is 0.563. The molecule has 0 spiro atoms. The summed E-state index contributed by atoms with van der Waals surface area (Å²) in [5.41, 5.74) is 2.10. The first-order valence-corrected chi connectivity index (χ1v) is 12.0. The SMILES string of the molecule is CC[C@H]1CC[C@H](Oc2ccc(-c3cccc(CN4CCC(C(=O)O)CC4)c3F)cc2)CC1. The van der Waals surface area contributed by atoms with Gasteiger partial charge in [0, 0.05) is 17.7 Å². The first-order chi connectivity index (χ1) is 15.5. The molecule has 2 aromatic carbocycles. The summed E-state index contributed by atoms with van der Waals surface area (Å²) in [5.74, 6) is 0.505. The van der Waals surface area contributed by atoms with E-state index in [0.29, 0.717) is 43.6 Å². The summed E-state index contributed by atoms with van der Waals surface area (Å²) in [6.45, 7) is 4.15. The highest BCUT2D eigenvalue weighted by molar-refractivity contribution is 5.70. The Bertz CT molecular complexity index is 898. The molecule has 1 aliphatic carbocycles. The summed E-state index contributed by atoms with van der Waals surface area (Å²) < 4.78 is 21.5. The Kier molecular flexibility index (Phi) is 7.46. The fourth-order valence-electron chi connectivity index (χ4n) is 5.07. The van der Waals surface area contributed by atoms with Crippen LogP contribution in [0.3, 0.4) is 0 Å². The van der Waals surface area contributed by atoms with Gasteiger partial charge in [-0.1, -0.05) is 43.7 Å². The minimum Gasteiger partial charge on any atom is -0.490 e. The first-order valence-electron chi connectivity index (χ1n) is 12.0. The number of likely N-dealkylation sites (tertiary alicyclic amines) is 1. The average molecular weight is 440 g/mol. The molecule has 0 atom stereocenters. The molecule has 2 fully saturated rings. The molecule has 0 amide bonds. The van der Waals surface area contributed by atoms with Gasteiger partial charge in [-0.15, -0.1) is 0 Å². The average Bonchev–Trinajstić information content (AvgIpc) is 2.82. The standard InChI is InChI=1S/C27H34FNO3/c1-2-19-6-10-23(11-7-19)32-24-12-8-20(9-13-24)25-5-3-4-22(26(25)28)18-29-16-14-21(15-17-29)27(30)31/h3-5,8-9,12-13,19,21,23H,2,6-7,10-11,14-18H2,1H3,(H,30,31)/t19-,23-. The second-order valence-corrected chi connectivity index (χ2v) is 9.36. The van der Waals surface area contributed by atoms with Gasteiger partial charge >= 0.3 is 5.97 Å². The zero-order chi connectivity index (χ0) is 22.5. The Morgan fingerprint density at radius 1 is 1.03 bits per heavy atom. The van der Waals surface area contributed by atoms with Crippen LogP contribution in [0.5, 0.6) is 5.75 Å². The lowest BCUT2D eigenvalue weighted by molar-refractivity contribution is -0.143. The van der Waals surface area contributed by atoms with Crippen molar-refractivity contribution in [2.45, 2.75) is 64.5 Å². The van der Waals surface area contributed by atoms with Crippen molar-refractivity contribution in [3.05, 3.63) is 53.8 Å². The maximum absolute atomic E-state index is 15.3. The summed E-state index contributed by atoms with van der Waals surface area (Å²) in [6, 6.07) is 13.3. The maximum Gasteiger partial charge on any atom is 0.306 e. The number of nitrogens with zero attached hydrogens (tertiary/aromatic N) is 1. The Labute approximate surface area is 190 Å². The van der Waals surface area contributed by atoms with E-state index in [9.17, 15) is 4.79 Å². The molecule has 32 heavy (non-hydrogen) atoms. The number of benzene rings is 2. The number of halogens is 1. The summed E-state index contributed by atoms with van der Waals surface area (Å²) in [4.78, 5) is 13.3. The zero-order valence-corrected chi connectivity index (χ0v) is 18.9. The van der Waals surface area contributed by atoms with Crippen LogP contribution in [-0.4, -0.2) is 35.2 Å². The molecule has 1 aliphatic heterocycles. The van der Waals surface area contributed by atoms with E-state index in [0.717, 1.165) is 30.1 Å². The van der Waals surface area contributed by atoms with Crippen molar-refractivity contribution in [1.29, 1.82) is 0 Å². The molecular formula is C27H34FNO3. The molecule has 0 unspecified atom stereocenters. The lowest BCUT2D eigenvalue weighted by atomic mass is 9.86. The second kappa shape index (κ2) is 10.5. The summed E-state index contributed by atoms with van der Waals surface area (Å²) in [6.07, 6.45) is 7.50. The predicted molar refractivity (Wildman–Crippen MR) is 124 cm³/mol. The summed E-state index contributed by atoms with van der Waals surface area (Å²) in [7, 11) is 0. The number of hydrogen-bond acceptors (Lipinski definition) is 3. The summed E-state index contributed by atoms with van der Waals surface area (Å²) >= 11 is 0. The van der Waals surface area contributed by atoms with Gasteiger partial charge in [0.1, 0.15) is 11.6 Å². The highest BCUT2D eigenvalue weighted by atomic mass is 19.1. The Morgan fingerprint density at radius 2 is 1.72 bits per heavy atom. The second-order valence-electron chi connectivity index (χ2n) is 9.36. The Balaban J connectivity index is 1.38. The van der Waals surface area contributed by atoms with Crippen molar-refractivity contribution in [1.82, 2.24) is 4.90 Å². The van der Waals surface area contributed by atoms with Gasteiger partial charge in [-0.2, -0.15) is 0 Å². The molecule has 1 saturated heterocycles.